The maximum Gasteiger partial charge on any atom is 0.417 e. The standard InChI is InChI=1S/C22H17F3N2O2/c1-14-6-5-8-15(10-14)19-11-18(22(23,24)25)17(12-26)21(28)27(19)13-16-7-3-4-9-20(16)29-2/h3-11H,13H2,1-2H3. The van der Waals surface area contributed by atoms with Crippen molar-refractivity contribution in [1.29, 1.82) is 5.26 Å². The first kappa shape index (κ1) is 20.2. The maximum atomic E-state index is 13.5. The monoisotopic (exact) mass is 398 g/mol. The number of benzene rings is 2. The quantitative estimate of drug-likeness (QED) is 0.636. The number of nitriles is 1. The Balaban J connectivity index is 2.34. The van der Waals surface area contributed by atoms with Gasteiger partial charge in [0.1, 0.15) is 17.4 Å². The minimum Gasteiger partial charge on any atom is -0.496 e. The van der Waals surface area contributed by atoms with E-state index in [9.17, 15) is 23.2 Å². The number of nitrogens with zero attached hydrogens (tertiary/aromatic N) is 2. The van der Waals surface area contributed by atoms with Crippen LogP contribution in [0, 0.1) is 18.3 Å². The Morgan fingerprint density at radius 3 is 2.45 bits per heavy atom. The summed E-state index contributed by atoms with van der Waals surface area (Å²) < 4.78 is 47.1. The number of aryl methyl sites for hydroxylation is 1. The molecule has 29 heavy (non-hydrogen) atoms. The van der Waals surface area contributed by atoms with E-state index in [1.165, 1.54) is 17.7 Å². The molecule has 0 aliphatic rings. The van der Waals surface area contributed by atoms with Crippen LogP contribution in [0.2, 0.25) is 0 Å². The van der Waals surface area contributed by atoms with Gasteiger partial charge in [0.25, 0.3) is 5.56 Å². The van der Waals surface area contributed by atoms with Gasteiger partial charge in [-0.25, -0.2) is 0 Å². The molecule has 4 nitrogen and oxygen atoms in total. The highest BCUT2D eigenvalue weighted by Crippen LogP contribution is 2.34. The van der Waals surface area contributed by atoms with Crippen LogP contribution in [-0.2, 0) is 12.7 Å². The van der Waals surface area contributed by atoms with Crippen molar-refractivity contribution in [1.82, 2.24) is 4.57 Å². The molecule has 0 unspecified atom stereocenters. The third kappa shape index (κ3) is 4.02. The van der Waals surface area contributed by atoms with E-state index >= 15 is 0 Å². The Morgan fingerprint density at radius 2 is 1.83 bits per heavy atom. The summed E-state index contributed by atoms with van der Waals surface area (Å²) in [5.74, 6) is 0.494. The van der Waals surface area contributed by atoms with Crippen molar-refractivity contribution in [2.45, 2.75) is 19.6 Å². The SMILES string of the molecule is COc1ccccc1Cn1c(-c2cccc(C)c2)cc(C(F)(F)F)c(C#N)c1=O. The van der Waals surface area contributed by atoms with E-state index in [2.05, 4.69) is 0 Å². The van der Waals surface area contributed by atoms with Gasteiger partial charge in [0.2, 0.25) is 0 Å². The van der Waals surface area contributed by atoms with Crippen molar-refractivity contribution >= 4 is 0 Å². The molecule has 0 amide bonds. The van der Waals surface area contributed by atoms with Crippen LogP contribution in [0.1, 0.15) is 22.3 Å². The zero-order chi connectivity index (χ0) is 21.2. The van der Waals surface area contributed by atoms with E-state index in [0.717, 1.165) is 11.6 Å². The van der Waals surface area contributed by atoms with Crippen LogP contribution in [0.5, 0.6) is 5.75 Å². The molecule has 0 aliphatic carbocycles. The van der Waals surface area contributed by atoms with Crippen molar-refractivity contribution < 1.29 is 17.9 Å². The molecule has 1 heterocycles. The summed E-state index contributed by atoms with van der Waals surface area (Å²) in [6.45, 7) is 1.76. The van der Waals surface area contributed by atoms with Crippen molar-refractivity contribution in [3.05, 3.63) is 87.2 Å². The van der Waals surface area contributed by atoms with Gasteiger partial charge in [-0.2, -0.15) is 18.4 Å². The number of aromatic nitrogens is 1. The summed E-state index contributed by atoms with van der Waals surface area (Å²) in [6.07, 6.45) is -4.83. The van der Waals surface area contributed by atoms with Crippen LogP contribution in [0.15, 0.2) is 59.4 Å². The van der Waals surface area contributed by atoms with Crippen LogP contribution >= 0.6 is 0 Å². The minimum absolute atomic E-state index is 0.0427. The maximum absolute atomic E-state index is 13.5. The number of para-hydroxylation sites is 1. The number of hydrogen-bond donors (Lipinski definition) is 0. The summed E-state index contributed by atoms with van der Waals surface area (Å²) in [6, 6.07) is 16.0. The number of alkyl halides is 3. The zero-order valence-corrected chi connectivity index (χ0v) is 15.7. The fourth-order valence-electron chi connectivity index (χ4n) is 3.18. The molecule has 7 heteroatoms. The Hall–Kier alpha value is -3.53. The molecule has 0 atom stereocenters. The average Bonchev–Trinajstić information content (AvgIpc) is 2.68. The molecule has 0 bridgehead atoms. The highest BCUT2D eigenvalue weighted by Gasteiger charge is 2.36. The first-order valence-corrected chi connectivity index (χ1v) is 8.70. The fraction of sp³-hybridized carbons (Fsp3) is 0.182. The molecule has 3 aromatic rings. The number of halogens is 3. The third-order valence-corrected chi connectivity index (χ3v) is 4.55. The predicted molar refractivity (Wildman–Crippen MR) is 103 cm³/mol. The topological polar surface area (TPSA) is 55.0 Å². The summed E-state index contributed by atoms with van der Waals surface area (Å²) in [4.78, 5) is 13.0. The smallest absolute Gasteiger partial charge is 0.417 e. The van der Waals surface area contributed by atoms with Gasteiger partial charge < -0.3 is 9.30 Å². The summed E-state index contributed by atoms with van der Waals surface area (Å²) >= 11 is 0. The highest BCUT2D eigenvalue weighted by molar-refractivity contribution is 5.63. The van der Waals surface area contributed by atoms with Gasteiger partial charge in [0.05, 0.1) is 24.9 Å². The number of rotatable bonds is 4. The Morgan fingerprint density at radius 1 is 1.10 bits per heavy atom. The van der Waals surface area contributed by atoms with Crippen LogP contribution in [0.4, 0.5) is 13.2 Å². The lowest BCUT2D eigenvalue weighted by Gasteiger charge is -2.19. The molecule has 0 radical (unpaired) electrons. The second-order valence-electron chi connectivity index (χ2n) is 6.50. The first-order valence-electron chi connectivity index (χ1n) is 8.70. The second kappa shape index (κ2) is 7.84. The minimum atomic E-state index is -4.83. The van der Waals surface area contributed by atoms with Crippen molar-refractivity contribution in [3.63, 3.8) is 0 Å². The number of pyridine rings is 1. The average molecular weight is 398 g/mol. The van der Waals surface area contributed by atoms with E-state index in [-0.39, 0.29) is 12.2 Å². The Labute approximate surface area is 165 Å². The molecule has 2 aromatic carbocycles. The van der Waals surface area contributed by atoms with E-state index < -0.39 is 22.9 Å². The molecule has 0 N–H and O–H groups in total. The van der Waals surface area contributed by atoms with Gasteiger partial charge in [-0.1, -0.05) is 42.0 Å². The van der Waals surface area contributed by atoms with Crippen LogP contribution in [0.25, 0.3) is 11.3 Å². The van der Waals surface area contributed by atoms with Gasteiger partial charge in [-0.3, -0.25) is 4.79 Å². The second-order valence-corrected chi connectivity index (χ2v) is 6.50. The van der Waals surface area contributed by atoms with E-state index in [4.69, 9.17) is 4.74 Å². The van der Waals surface area contributed by atoms with E-state index in [1.54, 1.807) is 55.5 Å². The number of methoxy groups -OCH3 is 1. The summed E-state index contributed by atoms with van der Waals surface area (Å²) in [5.41, 5.74) is -1.19. The van der Waals surface area contributed by atoms with Crippen molar-refractivity contribution in [2.75, 3.05) is 7.11 Å². The van der Waals surface area contributed by atoms with Gasteiger partial charge in [0, 0.05) is 5.56 Å². The van der Waals surface area contributed by atoms with Gasteiger partial charge in [-0.15, -0.1) is 0 Å². The normalized spacial score (nSPS) is 11.2. The van der Waals surface area contributed by atoms with Crippen molar-refractivity contribution in [3.8, 4) is 23.1 Å². The Bertz CT molecular complexity index is 1160. The molecule has 0 spiro atoms. The summed E-state index contributed by atoms with van der Waals surface area (Å²) in [5, 5.41) is 9.27. The zero-order valence-electron chi connectivity index (χ0n) is 15.7. The molecule has 0 aliphatic heterocycles. The van der Waals surface area contributed by atoms with Crippen molar-refractivity contribution in [2.24, 2.45) is 0 Å². The molecule has 148 valence electrons. The van der Waals surface area contributed by atoms with Crippen LogP contribution in [0.3, 0.4) is 0 Å². The summed E-state index contributed by atoms with van der Waals surface area (Å²) in [7, 11) is 1.47. The molecular formula is C22H17F3N2O2. The van der Waals surface area contributed by atoms with Gasteiger partial charge >= 0.3 is 6.18 Å². The van der Waals surface area contributed by atoms with Crippen LogP contribution < -0.4 is 10.3 Å². The lowest BCUT2D eigenvalue weighted by molar-refractivity contribution is -0.137. The fourth-order valence-corrected chi connectivity index (χ4v) is 3.18. The molecule has 0 saturated carbocycles. The lowest BCUT2D eigenvalue weighted by Crippen LogP contribution is -2.28. The molecule has 3 rings (SSSR count). The largest absolute Gasteiger partial charge is 0.496 e. The molecular weight excluding hydrogens is 381 g/mol. The van der Waals surface area contributed by atoms with Crippen LogP contribution in [-0.4, -0.2) is 11.7 Å². The molecule has 0 fully saturated rings. The third-order valence-electron chi connectivity index (χ3n) is 4.55. The predicted octanol–water partition coefficient (Wildman–Crippen LogP) is 4.77. The van der Waals surface area contributed by atoms with Gasteiger partial charge in [0.15, 0.2) is 0 Å². The number of hydrogen-bond acceptors (Lipinski definition) is 3. The Kier molecular flexibility index (Phi) is 5.46. The lowest BCUT2D eigenvalue weighted by atomic mass is 10.0. The first-order chi connectivity index (χ1) is 13.8. The van der Waals surface area contributed by atoms with E-state index in [1.807, 2.05) is 0 Å². The molecule has 0 saturated heterocycles. The van der Waals surface area contributed by atoms with E-state index in [0.29, 0.717) is 16.9 Å². The van der Waals surface area contributed by atoms with Gasteiger partial charge in [-0.05, 0) is 30.7 Å². The highest BCUT2D eigenvalue weighted by atomic mass is 19.4. The number of ether oxygens (including phenoxy) is 1. The molecule has 1 aromatic heterocycles.